The number of aromatic nitrogens is 1. The average molecular weight is 433 g/mol. The fourth-order valence-electron chi connectivity index (χ4n) is 3.99. The minimum absolute atomic E-state index is 0.108. The molecule has 0 radical (unpaired) electrons. The summed E-state index contributed by atoms with van der Waals surface area (Å²) < 4.78 is 48.5. The van der Waals surface area contributed by atoms with E-state index in [1.54, 1.807) is 13.2 Å². The van der Waals surface area contributed by atoms with E-state index < -0.39 is 6.36 Å². The molecule has 0 saturated carbocycles. The van der Waals surface area contributed by atoms with Gasteiger partial charge < -0.3 is 24.8 Å². The molecule has 1 aliphatic heterocycles. The van der Waals surface area contributed by atoms with Crippen LogP contribution in [0, 0.1) is 6.92 Å². The molecule has 0 saturated heterocycles. The van der Waals surface area contributed by atoms with Crippen LogP contribution in [0.2, 0.25) is 0 Å². The lowest BCUT2D eigenvalue weighted by Crippen LogP contribution is -2.18. The zero-order valence-electron chi connectivity index (χ0n) is 17.1. The largest absolute Gasteiger partial charge is 0.573 e. The van der Waals surface area contributed by atoms with Gasteiger partial charge >= 0.3 is 6.36 Å². The van der Waals surface area contributed by atoms with Crippen molar-refractivity contribution in [1.82, 2.24) is 4.98 Å². The van der Waals surface area contributed by atoms with Gasteiger partial charge in [-0.05, 0) is 43.2 Å². The molecule has 0 fully saturated rings. The molecule has 0 amide bonds. The second-order valence-corrected chi connectivity index (χ2v) is 7.19. The van der Waals surface area contributed by atoms with Crippen LogP contribution >= 0.6 is 0 Å². The summed E-state index contributed by atoms with van der Waals surface area (Å²) in [4.78, 5) is 6.53. The molecule has 2 N–H and O–H groups in total. The first-order chi connectivity index (χ1) is 14.8. The summed E-state index contributed by atoms with van der Waals surface area (Å²) in [5.74, 6) is 0.813. The van der Waals surface area contributed by atoms with E-state index in [-0.39, 0.29) is 24.4 Å². The van der Waals surface area contributed by atoms with Gasteiger partial charge in [-0.15, -0.1) is 13.2 Å². The van der Waals surface area contributed by atoms with E-state index in [0.29, 0.717) is 24.2 Å². The maximum atomic E-state index is 13.0. The summed E-state index contributed by atoms with van der Waals surface area (Å²) in [6, 6.07) is 10.2. The Kier molecular flexibility index (Phi) is 5.53. The molecule has 31 heavy (non-hydrogen) atoms. The average Bonchev–Trinajstić information content (AvgIpc) is 3.16. The summed E-state index contributed by atoms with van der Waals surface area (Å²) in [6.45, 7) is 2.70. The maximum Gasteiger partial charge on any atom is 0.573 e. The molecule has 0 atom stereocenters. The zero-order chi connectivity index (χ0) is 22.2. The number of para-hydroxylation sites is 1. The quantitative estimate of drug-likeness (QED) is 0.595. The monoisotopic (exact) mass is 433 g/mol. The number of alkyl halides is 3. The number of aryl methyl sites for hydroxylation is 1. The first-order valence-corrected chi connectivity index (χ1v) is 9.80. The smallest absolute Gasteiger partial charge is 0.497 e. The predicted molar refractivity (Wildman–Crippen MR) is 112 cm³/mol. The van der Waals surface area contributed by atoms with Gasteiger partial charge in [-0.25, -0.2) is 4.98 Å². The molecule has 9 heteroatoms. The van der Waals surface area contributed by atoms with Crippen LogP contribution in [-0.4, -0.2) is 43.3 Å². The number of nitrogens with one attached hydrogen (secondary N) is 1. The van der Waals surface area contributed by atoms with Crippen LogP contribution < -0.4 is 19.7 Å². The molecule has 2 aromatic carbocycles. The molecule has 6 nitrogen and oxygen atoms in total. The second kappa shape index (κ2) is 8.14. The number of hydrogen-bond donors (Lipinski definition) is 2. The van der Waals surface area contributed by atoms with Gasteiger partial charge in [0, 0.05) is 29.7 Å². The van der Waals surface area contributed by atoms with Crippen LogP contribution in [0.4, 0.5) is 30.4 Å². The molecule has 1 aliphatic rings. The Labute approximate surface area is 177 Å². The molecule has 0 aliphatic carbocycles. The number of pyridine rings is 1. The minimum Gasteiger partial charge on any atom is -0.497 e. The Balaban J connectivity index is 1.92. The van der Waals surface area contributed by atoms with Gasteiger partial charge in [-0.2, -0.15) is 0 Å². The van der Waals surface area contributed by atoms with Crippen molar-refractivity contribution in [3.8, 4) is 11.5 Å². The van der Waals surface area contributed by atoms with Crippen molar-refractivity contribution in [2.75, 3.05) is 37.0 Å². The molecule has 0 bridgehead atoms. The molecule has 2 heterocycles. The number of nitrogens with zero attached hydrogens (tertiary/aromatic N) is 2. The number of rotatable bonds is 6. The number of aliphatic hydroxyl groups is 1. The van der Waals surface area contributed by atoms with Crippen molar-refractivity contribution in [1.29, 1.82) is 0 Å². The van der Waals surface area contributed by atoms with Crippen LogP contribution in [0.1, 0.15) is 11.1 Å². The number of methoxy groups -OCH3 is 1. The Morgan fingerprint density at radius 2 is 2.03 bits per heavy atom. The zero-order valence-corrected chi connectivity index (χ0v) is 17.1. The molecule has 1 aromatic heterocycles. The van der Waals surface area contributed by atoms with Gasteiger partial charge in [0.1, 0.15) is 17.1 Å². The molecule has 164 valence electrons. The minimum atomic E-state index is -4.83. The van der Waals surface area contributed by atoms with E-state index in [1.165, 1.54) is 12.1 Å². The summed E-state index contributed by atoms with van der Waals surface area (Å²) in [7, 11) is 1.60. The molecular weight excluding hydrogens is 411 g/mol. The summed E-state index contributed by atoms with van der Waals surface area (Å²) >= 11 is 0. The SMILES string of the molecule is COc1ccc(N2CCc3c(NCCO)nc4c(OC(F)(F)F)cccc4c32)c(C)c1. The number of aliphatic hydroxyl groups excluding tert-OH is 1. The standard InChI is InChI=1S/C22H22F3N3O3/c1-13-12-14(30-2)6-7-17(13)28-10-8-16-20(28)15-4-3-5-18(31-22(23,24)25)19(15)27-21(16)26-9-11-29/h3-7,12,29H,8-11H2,1-2H3,(H,26,27). The third kappa shape index (κ3) is 4.05. The third-order valence-corrected chi connectivity index (χ3v) is 5.23. The van der Waals surface area contributed by atoms with Gasteiger partial charge in [0.05, 0.1) is 19.4 Å². The van der Waals surface area contributed by atoms with E-state index >= 15 is 0 Å². The Hall–Kier alpha value is -3.20. The number of anilines is 3. The van der Waals surface area contributed by atoms with Gasteiger partial charge in [-0.1, -0.05) is 12.1 Å². The topological polar surface area (TPSA) is 66.9 Å². The number of ether oxygens (including phenoxy) is 2. The maximum absolute atomic E-state index is 13.0. The highest BCUT2D eigenvalue weighted by Gasteiger charge is 2.34. The van der Waals surface area contributed by atoms with E-state index in [4.69, 9.17) is 4.74 Å². The van der Waals surface area contributed by atoms with E-state index in [9.17, 15) is 18.3 Å². The van der Waals surface area contributed by atoms with Crippen LogP contribution in [0.3, 0.4) is 0 Å². The first kappa shape index (κ1) is 21.0. The van der Waals surface area contributed by atoms with E-state index in [0.717, 1.165) is 28.3 Å². The van der Waals surface area contributed by atoms with Crippen LogP contribution in [0.5, 0.6) is 11.5 Å². The van der Waals surface area contributed by atoms with Gasteiger partial charge in [0.15, 0.2) is 5.75 Å². The van der Waals surface area contributed by atoms with Crippen molar-refractivity contribution in [2.45, 2.75) is 19.7 Å². The number of halogens is 3. The number of benzene rings is 2. The van der Waals surface area contributed by atoms with E-state index in [1.807, 2.05) is 25.1 Å². The predicted octanol–water partition coefficient (Wildman–Crippen LogP) is 4.55. The summed E-state index contributed by atoms with van der Waals surface area (Å²) in [6.07, 6.45) is -4.18. The van der Waals surface area contributed by atoms with Crippen molar-refractivity contribution < 1.29 is 27.8 Å². The highest BCUT2D eigenvalue weighted by Crippen LogP contribution is 2.46. The van der Waals surface area contributed by atoms with Crippen molar-refractivity contribution in [3.05, 3.63) is 47.5 Å². The highest BCUT2D eigenvalue weighted by atomic mass is 19.4. The Morgan fingerprint density at radius 1 is 1.23 bits per heavy atom. The normalized spacial score (nSPS) is 13.4. The van der Waals surface area contributed by atoms with Gasteiger partial charge in [-0.3, -0.25) is 0 Å². The van der Waals surface area contributed by atoms with Crippen LogP contribution in [0.15, 0.2) is 36.4 Å². The van der Waals surface area contributed by atoms with Gasteiger partial charge in [0.2, 0.25) is 0 Å². The lowest BCUT2D eigenvalue weighted by Gasteiger charge is -2.24. The molecule has 0 unspecified atom stereocenters. The lowest BCUT2D eigenvalue weighted by molar-refractivity contribution is -0.274. The molecule has 3 aromatic rings. The van der Waals surface area contributed by atoms with E-state index in [2.05, 4.69) is 19.9 Å². The molecular formula is C22H22F3N3O3. The molecule has 0 spiro atoms. The van der Waals surface area contributed by atoms with Crippen molar-refractivity contribution in [3.63, 3.8) is 0 Å². The first-order valence-electron chi connectivity index (χ1n) is 9.80. The Morgan fingerprint density at radius 3 is 2.71 bits per heavy atom. The van der Waals surface area contributed by atoms with Crippen molar-refractivity contribution in [2.24, 2.45) is 0 Å². The third-order valence-electron chi connectivity index (χ3n) is 5.23. The fraction of sp³-hybridized carbons (Fsp3) is 0.318. The van der Waals surface area contributed by atoms with Gasteiger partial charge in [0.25, 0.3) is 0 Å². The highest BCUT2D eigenvalue weighted by molar-refractivity contribution is 6.02. The molecule has 4 rings (SSSR count). The number of hydrogen-bond acceptors (Lipinski definition) is 6. The summed E-state index contributed by atoms with van der Waals surface area (Å²) in [5.41, 5.74) is 3.69. The Bertz CT molecular complexity index is 1120. The lowest BCUT2D eigenvalue weighted by atomic mass is 10.1. The number of fused-ring (bicyclic) bond motifs is 3. The van der Waals surface area contributed by atoms with Crippen LogP contribution in [-0.2, 0) is 6.42 Å². The van der Waals surface area contributed by atoms with Crippen molar-refractivity contribution >= 4 is 28.1 Å². The summed E-state index contributed by atoms with van der Waals surface area (Å²) in [5, 5.41) is 12.8. The van der Waals surface area contributed by atoms with Crippen LogP contribution in [0.25, 0.3) is 10.9 Å². The second-order valence-electron chi connectivity index (χ2n) is 7.19. The fourth-order valence-corrected chi connectivity index (χ4v) is 3.99.